The second-order valence-corrected chi connectivity index (χ2v) is 3.19. The van der Waals surface area contributed by atoms with Gasteiger partial charge in [-0.15, -0.1) is 12.4 Å². The lowest BCUT2D eigenvalue weighted by Gasteiger charge is -2.09. The molecule has 1 atom stereocenters. The number of rotatable bonds is 3. The number of aliphatic hydroxyl groups excluding tert-OH is 1. The minimum atomic E-state index is -1.13. The van der Waals surface area contributed by atoms with E-state index in [2.05, 4.69) is 15.9 Å². The van der Waals surface area contributed by atoms with Gasteiger partial charge in [0.05, 0.1) is 17.3 Å². The molecule has 0 aromatic carbocycles. The van der Waals surface area contributed by atoms with Crippen LogP contribution in [0.3, 0.4) is 0 Å². The van der Waals surface area contributed by atoms with E-state index < -0.39 is 6.10 Å². The van der Waals surface area contributed by atoms with Crippen molar-refractivity contribution < 1.29 is 14.3 Å². The van der Waals surface area contributed by atoms with Crippen molar-refractivity contribution in [1.29, 1.82) is 5.41 Å². The van der Waals surface area contributed by atoms with Crippen LogP contribution >= 0.6 is 28.3 Å². The Balaban J connectivity index is 0.00000169. The highest BCUT2D eigenvalue weighted by molar-refractivity contribution is 9.10. The second kappa shape index (κ2) is 6.06. The third kappa shape index (κ3) is 3.01. The fourth-order valence-corrected chi connectivity index (χ4v) is 1.27. The molecule has 4 nitrogen and oxygen atoms in total. The van der Waals surface area contributed by atoms with E-state index in [4.69, 9.17) is 14.6 Å². The van der Waals surface area contributed by atoms with Crippen LogP contribution in [0.1, 0.15) is 18.8 Å². The van der Waals surface area contributed by atoms with Crippen molar-refractivity contribution in [1.82, 2.24) is 0 Å². The van der Waals surface area contributed by atoms with Gasteiger partial charge in [-0.05, 0) is 28.9 Å². The topological polar surface area (TPSA) is 66.5 Å². The zero-order valence-electron chi connectivity index (χ0n) is 7.49. The molecule has 0 aliphatic rings. The highest BCUT2D eigenvalue weighted by Gasteiger charge is 2.20. The van der Waals surface area contributed by atoms with Crippen LogP contribution in [0.15, 0.2) is 21.2 Å². The van der Waals surface area contributed by atoms with Crippen molar-refractivity contribution in [2.24, 2.45) is 0 Å². The average Bonchev–Trinajstić information content (AvgIpc) is 2.50. The fraction of sp³-hybridized carbons (Fsp3) is 0.375. The van der Waals surface area contributed by atoms with Crippen molar-refractivity contribution in [3.63, 3.8) is 0 Å². The molecule has 0 amide bonds. The second-order valence-electron chi connectivity index (χ2n) is 2.33. The summed E-state index contributed by atoms with van der Waals surface area (Å²) in [7, 11) is 0. The van der Waals surface area contributed by atoms with Gasteiger partial charge < -0.3 is 14.3 Å². The maximum Gasteiger partial charge on any atom is 0.218 e. The van der Waals surface area contributed by atoms with E-state index in [-0.39, 0.29) is 18.3 Å². The highest BCUT2D eigenvalue weighted by Crippen LogP contribution is 2.25. The first-order valence-corrected chi connectivity index (χ1v) is 4.58. The summed E-state index contributed by atoms with van der Waals surface area (Å²) in [6, 6.07) is 1.65. The molecule has 0 spiro atoms. The monoisotopic (exact) mass is 283 g/mol. The molecular weight excluding hydrogens is 273 g/mol. The normalized spacial score (nSPS) is 11.6. The third-order valence-electron chi connectivity index (χ3n) is 1.44. The molecule has 80 valence electrons. The first-order valence-electron chi connectivity index (χ1n) is 3.79. The van der Waals surface area contributed by atoms with E-state index >= 15 is 0 Å². The number of hydrogen-bond donors (Lipinski definition) is 2. The molecule has 0 aliphatic carbocycles. The lowest BCUT2D eigenvalue weighted by atomic mass is 10.3. The van der Waals surface area contributed by atoms with Crippen LogP contribution in [0.5, 0.6) is 0 Å². The summed E-state index contributed by atoms with van der Waals surface area (Å²) in [6.45, 7) is 2.10. The standard InChI is InChI=1S/C8H10BrNO3.ClH/c1-2-12-8(10)6(11)7-5(9)3-4-13-7;/h3-4,6,10-11H,2H2,1H3;1H. The Morgan fingerprint density at radius 3 is 2.86 bits per heavy atom. The molecule has 1 rings (SSSR count). The summed E-state index contributed by atoms with van der Waals surface area (Å²) >= 11 is 3.18. The summed E-state index contributed by atoms with van der Waals surface area (Å²) in [4.78, 5) is 0. The van der Waals surface area contributed by atoms with Crippen LogP contribution in [0.4, 0.5) is 0 Å². The third-order valence-corrected chi connectivity index (χ3v) is 2.10. The van der Waals surface area contributed by atoms with Crippen molar-refractivity contribution in [3.8, 4) is 0 Å². The van der Waals surface area contributed by atoms with Crippen molar-refractivity contribution in [2.75, 3.05) is 6.61 Å². The zero-order valence-corrected chi connectivity index (χ0v) is 9.89. The molecule has 0 saturated heterocycles. The van der Waals surface area contributed by atoms with Gasteiger partial charge >= 0.3 is 0 Å². The lowest BCUT2D eigenvalue weighted by Crippen LogP contribution is -2.14. The van der Waals surface area contributed by atoms with Gasteiger partial charge in [0.2, 0.25) is 5.90 Å². The molecule has 0 saturated carbocycles. The summed E-state index contributed by atoms with van der Waals surface area (Å²) in [5.74, 6) is 0.0802. The number of aliphatic hydroxyl groups is 1. The molecule has 2 N–H and O–H groups in total. The highest BCUT2D eigenvalue weighted by atomic mass is 79.9. The number of hydrogen-bond acceptors (Lipinski definition) is 4. The van der Waals surface area contributed by atoms with Gasteiger partial charge in [-0.1, -0.05) is 0 Å². The van der Waals surface area contributed by atoms with Gasteiger partial charge in [0, 0.05) is 0 Å². The summed E-state index contributed by atoms with van der Waals surface area (Å²) in [6.07, 6.45) is 0.298. The molecule has 1 heterocycles. The van der Waals surface area contributed by atoms with E-state index in [1.54, 1.807) is 13.0 Å². The van der Waals surface area contributed by atoms with E-state index in [0.717, 1.165) is 0 Å². The Morgan fingerprint density at radius 2 is 2.43 bits per heavy atom. The zero-order chi connectivity index (χ0) is 9.84. The Labute approximate surface area is 96.3 Å². The Kier molecular flexibility index (Phi) is 5.83. The van der Waals surface area contributed by atoms with Gasteiger partial charge in [0.25, 0.3) is 0 Å². The fourth-order valence-electron chi connectivity index (χ4n) is 0.854. The average molecular weight is 285 g/mol. The van der Waals surface area contributed by atoms with Gasteiger partial charge in [-0.2, -0.15) is 0 Å². The van der Waals surface area contributed by atoms with E-state index in [9.17, 15) is 5.11 Å². The summed E-state index contributed by atoms with van der Waals surface area (Å²) < 4.78 is 10.4. The molecule has 0 fully saturated rings. The number of ether oxygens (including phenoxy) is 1. The van der Waals surface area contributed by atoms with Crippen molar-refractivity contribution in [3.05, 3.63) is 22.6 Å². The summed E-state index contributed by atoms with van der Waals surface area (Å²) in [5, 5.41) is 16.8. The Bertz CT molecular complexity index is 303. The van der Waals surface area contributed by atoms with Crippen LogP contribution in [0, 0.1) is 5.41 Å². The predicted octanol–water partition coefficient (Wildman–Crippen LogP) is 2.51. The minimum absolute atomic E-state index is 0. The van der Waals surface area contributed by atoms with Crippen LogP contribution in [0.2, 0.25) is 0 Å². The minimum Gasteiger partial charge on any atom is -0.479 e. The molecule has 1 aromatic rings. The summed E-state index contributed by atoms with van der Waals surface area (Å²) in [5.41, 5.74) is 0. The number of halogens is 2. The van der Waals surface area contributed by atoms with E-state index in [1.807, 2.05) is 0 Å². The van der Waals surface area contributed by atoms with Crippen LogP contribution < -0.4 is 0 Å². The first-order chi connectivity index (χ1) is 6.16. The SMILES string of the molecule is CCOC(=N)C(O)c1occc1Br.Cl. The Hall–Kier alpha value is -0.520. The molecular formula is C8H11BrClNO3. The van der Waals surface area contributed by atoms with E-state index in [1.165, 1.54) is 6.26 Å². The van der Waals surface area contributed by atoms with Gasteiger partial charge in [0.1, 0.15) is 0 Å². The molecule has 1 unspecified atom stereocenters. The van der Waals surface area contributed by atoms with E-state index in [0.29, 0.717) is 16.8 Å². The maximum absolute atomic E-state index is 9.52. The quantitative estimate of drug-likeness (QED) is 0.662. The molecule has 14 heavy (non-hydrogen) atoms. The molecule has 0 bridgehead atoms. The number of furan rings is 1. The molecule has 0 radical (unpaired) electrons. The first kappa shape index (κ1) is 13.5. The van der Waals surface area contributed by atoms with Gasteiger partial charge in [0.15, 0.2) is 11.9 Å². The van der Waals surface area contributed by atoms with Crippen molar-refractivity contribution >= 4 is 34.2 Å². The molecule has 0 aliphatic heterocycles. The maximum atomic E-state index is 9.52. The molecule has 1 aromatic heterocycles. The molecule has 6 heteroatoms. The van der Waals surface area contributed by atoms with Gasteiger partial charge in [-0.25, -0.2) is 0 Å². The van der Waals surface area contributed by atoms with Crippen LogP contribution in [-0.4, -0.2) is 17.6 Å². The smallest absolute Gasteiger partial charge is 0.218 e. The van der Waals surface area contributed by atoms with Gasteiger partial charge in [-0.3, -0.25) is 5.41 Å². The van der Waals surface area contributed by atoms with Crippen LogP contribution in [-0.2, 0) is 4.74 Å². The Morgan fingerprint density at radius 1 is 1.79 bits per heavy atom. The largest absolute Gasteiger partial charge is 0.479 e. The van der Waals surface area contributed by atoms with Crippen molar-refractivity contribution in [2.45, 2.75) is 13.0 Å². The lowest BCUT2D eigenvalue weighted by molar-refractivity contribution is 0.168. The predicted molar refractivity (Wildman–Crippen MR) is 58.0 cm³/mol. The number of nitrogens with one attached hydrogen (secondary N) is 1. The van der Waals surface area contributed by atoms with Crippen LogP contribution in [0.25, 0.3) is 0 Å².